The van der Waals surface area contributed by atoms with Gasteiger partial charge >= 0.3 is 0 Å². The molecule has 23 heavy (non-hydrogen) atoms. The number of hydrogen-bond donors (Lipinski definition) is 1. The van der Waals surface area contributed by atoms with Gasteiger partial charge in [-0.2, -0.15) is 0 Å². The van der Waals surface area contributed by atoms with E-state index in [1.165, 1.54) is 10.4 Å². The predicted molar refractivity (Wildman–Crippen MR) is 93.2 cm³/mol. The van der Waals surface area contributed by atoms with Gasteiger partial charge in [0.15, 0.2) is 0 Å². The molecule has 1 N–H and O–H groups in total. The fourth-order valence-electron chi connectivity index (χ4n) is 3.32. The van der Waals surface area contributed by atoms with E-state index in [0.717, 1.165) is 32.5 Å². The molecule has 0 saturated carbocycles. The summed E-state index contributed by atoms with van der Waals surface area (Å²) in [6.07, 6.45) is 2.07. The minimum absolute atomic E-state index is 0.0191. The van der Waals surface area contributed by atoms with E-state index < -0.39 is 10.0 Å². The van der Waals surface area contributed by atoms with Crippen molar-refractivity contribution < 1.29 is 13.2 Å². The Morgan fingerprint density at radius 3 is 2.83 bits per heavy atom. The molecule has 3 rings (SSSR count). The maximum atomic E-state index is 11.5. The van der Waals surface area contributed by atoms with Crippen LogP contribution in [0.2, 0.25) is 0 Å². The van der Waals surface area contributed by atoms with Gasteiger partial charge in [-0.3, -0.25) is 4.90 Å². The van der Waals surface area contributed by atoms with Crippen molar-refractivity contribution >= 4 is 21.4 Å². The number of likely N-dealkylation sites (tertiary alicyclic amines) is 1. The highest BCUT2D eigenvalue weighted by molar-refractivity contribution is 7.89. The summed E-state index contributed by atoms with van der Waals surface area (Å²) in [4.78, 5) is 3.89. The molecule has 0 radical (unpaired) electrons. The second kappa shape index (κ2) is 6.80. The van der Waals surface area contributed by atoms with Gasteiger partial charge in [-0.05, 0) is 49.6 Å². The zero-order chi connectivity index (χ0) is 16.5. The normalized spacial score (nSPS) is 24.7. The SMILES string of the molecule is CCS(=O)(=O)NCC1CCC2(CN(Cc3sccc3C)C2)OC1. The molecule has 1 unspecified atom stereocenters. The smallest absolute Gasteiger partial charge is 0.211 e. The van der Waals surface area contributed by atoms with Crippen LogP contribution in [0.3, 0.4) is 0 Å². The molecule has 0 bridgehead atoms. The number of aryl methyl sites for hydroxylation is 1. The third-order valence-electron chi connectivity index (χ3n) is 4.96. The summed E-state index contributed by atoms with van der Waals surface area (Å²) >= 11 is 1.83. The number of nitrogens with zero attached hydrogens (tertiary/aromatic N) is 1. The molecule has 130 valence electrons. The summed E-state index contributed by atoms with van der Waals surface area (Å²) < 4.78 is 31.8. The first-order valence-electron chi connectivity index (χ1n) is 8.28. The number of sulfonamides is 1. The summed E-state index contributed by atoms with van der Waals surface area (Å²) in [5, 5.41) is 2.15. The minimum Gasteiger partial charge on any atom is -0.372 e. The van der Waals surface area contributed by atoms with Crippen LogP contribution in [0, 0.1) is 12.8 Å². The molecular weight excluding hydrogens is 332 g/mol. The summed E-state index contributed by atoms with van der Waals surface area (Å²) in [7, 11) is -3.09. The van der Waals surface area contributed by atoms with Gasteiger partial charge in [0, 0.05) is 31.1 Å². The second-order valence-corrected chi connectivity index (χ2v) is 9.92. The molecule has 0 aromatic carbocycles. The van der Waals surface area contributed by atoms with Crippen LogP contribution in [0.4, 0.5) is 0 Å². The average molecular weight is 359 g/mol. The molecule has 1 atom stereocenters. The molecule has 2 saturated heterocycles. The molecule has 0 amide bonds. The molecule has 2 aliphatic heterocycles. The molecular formula is C16H26N2O3S2. The van der Waals surface area contributed by atoms with Gasteiger partial charge in [-0.15, -0.1) is 11.3 Å². The van der Waals surface area contributed by atoms with Crippen molar-refractivity contribution in [1.29, 1.82) is 0 Å². The van der Waals surface area contributed by atoms with Gasteiger partial charge in [0.2, 0.25) is 10.0 Å². The van der Waals surface area contributed by atoms with E-state index >= 15 is 0 Å². The van der Waals surface area contributed by atoms with E-state index in [-0.39, 0.29) is 11.4 Å². The van der Waals surface area contributed by atoms with Crippen LogP contribution in [-0.2, 0) is 21.3 Å². The van der Waals surface area contributed by atoms with Crippen LogP contribution in [0.5, 0.6) is 0 Å². The first-order chi connectivity index (χ1) is 10.9. The molecule has 5 nitrogen and oxygen atoms in total. The molecule has 7 heteroatoms. The highest BCUT2D eigenvalue weighted by Gasteiger charge is 2.46. The van der Waals surface area contributed by atoms with Crippen molar-refractivity contribution in [2.24, 2.45) is 5.92 Å². The molecule has 0 aliphatic carbocycles. The Morgan fingerprint density at radius 1 is 1.48 bits per heavy atom. The number of nitrogens with one attached hydrogen (secondary N) is 1. The van der Waals surface area contributed by atoms with Gasteiger partial charge in [0.25, 0.3) is 0 Å². The van der Waals surface area contributed by atoms with Crippen molar-refractivity contribution in [3.63, 3.8) is 0 Å². The topological polar surface area (TPSA) is 58.6 Å². The minimum atomic E-state index is -3.09. The van der Waals surface area contributed by atoms with Crippen LogP contribution < -0.4 is 4.72 Å². The lowest BCUT2D eigenvalue weighted by Crippen LogP contribution is -2.64. The first-order valence-corrected chi connectivity index (χ1v) is 10.8. The number of rotatable bonds is 6. The third kappa shape index (κ3) is 4.14. The molecule has 3 heterocycles. The number of hydrogen-bond acceptors (Lipinski definition) is 5. The Balaban J connectivity index is 1.41. The van der Waals surface area contributed by atoms with Crippen molar-refractivity contribution in [1.82, 2.24) is 9.62 Å². The Labute approximate surface area is 143 Å². The van der Waals surface area contributed by atoms with E-state index in [2.05, 4.69) is 28.0 Å². The maximum absolute atomic E-state index is 11.5. The monoisotopic (exact) mass is 358 g/mol. The fraction of sp³-hybridized carbons (Fsp3) is 0.750. The summed E-state index contributed by atoms with van der Waals surface area (Å²) in [6.45, 7) is 8.01. The third-order valence-corrected chi connectivity index (χ3v) is 7.34. The Kier molecular flexibility index (Phi) is 5.13. The zero-order valence-electron chi connectivity index (χ0n) is 13.9. The molecule has 2 fully saturated rings. The van der Waals surface area contributed by atoms with E-state index in [4.69, 9.17) is 4.74 Å². The van der Waals surface area contributed by atoms with Gasteiger partial charge in [0.05, 0.1) is 18.0 Å². The van der Waals surface area contributed by atoms with Gasteiger partial charge in [-0.25, -0.2) is 13.1 Å². The standard InChI is InChI=1S/C16H26N2O3S2/c1-3-23(19,20)17-8-14-4-6-16(21-10-14)11-18(12-16)9-15-13(2)5-7-22-15/h5,7,14,17H,3-4,6,8-12H2,1-2H3. The zero-order valence-corrected chi connectivity index (χ0v) is 15.5. The Morgan fingerprint density at radius 2 is 2.26 bits per heavy atom. The second-order valence-electron chi connectivity index (χ2n) is 6.82. The summed E-state index contributed by atoms with van der Waals surface area (Å²) in [5.41, 5.74) is 1.40. The van der Waals surface area contributed by atoms with Gasteiger partial charge in [0.1, 0.15) is 0 Å². The van der Waals surface area contributed by atoms with Crippen molar-refractivity contribution in [2.45, 2.75) is 38.8 Å². The fourth-order valence-corrected chi connectivity index (χ4v) is 4.97. The van der Waals surface area contributed by atoms with Crippen LogP contribution in [0.1, 0.15) is 30.2 Å². The van der Waals surface area contributed by atoms with E-state index in [1.807, 2.05) is 11.3 Å². The molecule has 1 aromatic heterocycles. The Bertz CT molecular complexity index is 626. The van der Waals surface area contributed by atoms with Crippen LogP contribution in [0.15, 0.2) is 11.4 Å². The maximum Gasteiger partial charge on any atom is 0.211 e. The van der Waals surface area contributed by atoms with E-state index in [9.17, 15) is 8.42 Å². The quantitative estimate of drug-likeness (QED) is 0.845. The molecule has 1 aromatic rings. The van der Waals surface area contributed by atoms with E-state index in [1.54, 1.807) is 6.92 Å². The number of thiophene rings is 1. The summed E-state index contributed by atoms with van der Waals surface area (Å²) in [6, 6.07) is 2.18. The van der Waals surface area contributed by atoms with E-state index in [0.29, 0.717) is 19.1 Å². The lowest BCUT2D eigenvalue weighted by molar-refractivity contribution is -0.180. The largest absolute Gasteiger partial charge is 0.372 e. The lowest BCUT2D eigenvalue weighted by atomic mass is 9.83. The van der Waals surface area contributed by atoms with Gasteiger partial charge in [-0.1, -0.05) is 0 Å². The van der Waals surface area contributed by atoms with Crippen molar-refractivity contribution in [3.8, 4) is 0 Å². The molecule has 2 aliphatic rings. The highest BCUT2D eigenvalue weighted by Crippen LogP contribution is 2.37. The number of ether oxygens (including phenoxy) is 1. The lowest BCUT2D eigenvalue weighted by Gasteiger charge is -2.53. The Hall–Kier alpha value is -0.470. The average Bonchev–Trinajstić information content (AvgIpc) is 2.90. The van der Waals surface area contributed by atoms with Crippen LogP contribution >= 0.6 is 11.3 Å². The highest BCUT2D eigenvalue weighted by atomic mass is 32.2. The van der Waals surface area contributed by atoms with Gasteiger partial charge < -0.3 is 4.74 Å². The molecule has 1 spiro atoms. The van der Waals surface area contributed by atoms with Crippen LogP contribution in [0.25, 0.3) is 0 Å². The first kappa shape index (κ1) is 17.4. The summed E-state index contributed by atoms with van der Waals surface area (Å²) in [5.74, 6) is 0.442. The van der Waals surface area contributed by atoms with Crippen molar-refractivity contribution in [2.75, 3.05) is 32.0 Å². The van der Waals surface area contributed by atoms with Crippen molar-refractivity contribution in [3.05, 3.63) is 21.9 Å². The predicted octanol–water partition coefficient (Wildman–Crippen LogP) is 1.98. The van der Waals surface area contributed by atoms with Crippen LogP contribution in [-0.4, -0.2) is 50.9 Å².